The number of hydrogen-bond donors (Lipinski definition) is 0. The van der Waals surface area contributed by atoms with Crippen molar-refractivity contribution in [2.45, 2.75) is 18.9 Å². The minimum atomic E-state index is 0.119. The molecule has 5 rings (SSSR count). The van der Waals surface area contributed by atoms with Gasteiger partial charge in [-0.05, 0) is 58.0 Å². The summed E-state index contributed by atoms with van der Waals surface area (Å²) in [6.45, 7) is 1.34. The summed E-state index contributed by atoms with van der Waals surface area (Å²) in [5.41, 5.74) is 3.73. The van der Waals surface area contributed by atoms with E-state index in [4.69, 9.17) is 9.15 Å². The first-order valence-corrected chi connectivity index (χ1v) is 10.6. The van der Waals surface area contributed by atoms with Crippen molar-refractivity contribution in [1.29, 1.82) is 0 Å². The number of methoxy groups -OCH3 is 1. The lowest BCUT2D eigenvalue weighted by molar-refractivity contribution is -0.128. The first-order chi connectivity index (χ1) is 14.1. The molecule has 29 heavy (non-hydrogen) atoms. The van der Waals surface area contributed by atoms with Gasteiger partial charge in [-0.1, -0.05) is 18.2 Å². The molecular formula is C23H19IN2O3. The quantitative estimate of drug-likeness (QED) is 0.367. The lowest BCUT2D eigenvalue weighted by Gasteiger charge is -2.17. The Kier molecular flexibility index (Phi) is 4.66. The molecule has 0 aliphatic carbocycles. The summed E-state index contributed by atoms with van der Waals surface area (Å²) in [7, 11) is 1.64. The third-order valence-corrected chi connectivity index (χ3v) is 6.30. The zero-order chi connectivity index (χ0) is 20.0. The highest BCUT2D eigenvalue weighted by Crippen LogP contribution is 2.41. The van der Waals surface area contributed by atoms with Gasteiger partial charge in [0.1, 0.15) is 0 Å². The smallest absolute Gasteiger partial charge is 0.223 e. The van der Waals surface area contributed by atoms with Gasteiger partial charge in [0.15, 0.2) is 16.9 Å². The molecule has 1 fully saturated rings. The number of hydrogen-bond acceptors (Lipinski definition) is 4. The number of pyridine rings is 1. The van der Waals surface area contributed by atoms with Crippen LogP contribution in [-0.2, 0) is 11.3 Å². The number of rotatable bonds is 4. The van der Waals surface area contributed by atoms with E-state index in [2.05, 4.69) is 57.9 Å². The Bertz CT molecular complexity index is 1220. The number of amides is 1. The van der Waals surface area contributed by atoms with Crippen LogP contribution in [0.2, 0.25) is 0 Å². The highest BCUT2D eigenvalue weighted by atomic mass is 127. The second kappa shape index (κ2) is 7.33. The molecule has 0 spiro atoms. The van der Waals surface area contributed by atoms with E-state index >= 15 is 0 Å². The van der Waals surface area contributed by atoms with E-state index < -0.39 is 0 Å². The van der Waals surface area contributed by atoms with Crippen molar-refractivity contribution in [2.24, 2.45) is 0 Å². The van der Waals surface area contributed by atoms with Crippen LogP contribution in [0, 0.1) is 3.57 Å². The third-order valence-electron chi connectivity index (χ3n) is 5.58. The van der Waals surface area contributed by atoms with Gasteiger partial charge in [0.05, 0.1) is 13.3 Å². The van der Waals surface area contributed by atoms with Gasteiger partial charge in [-0.25, -0.2) is 0 Å². The monoisotopic (exact) mass is 498 g/mol. The van der Waals surface area contributed by atoms with Gasteiger partial charge in [-0.3, -0.25) is 9.78 Å². The second-order valence-corrected chi connectivity index (χ2v) is 8.58. The summed E-state index contributed by atoms with van der Waals surface area (Å²) in [6.07, 6.45) is 3.99. The molecule has 1 amide bonds. The van der Waals surface area contributed by atoms with Gasteiger partial charge in [0.2, 0.25) is 5.91 Å². The van der Waals surface area contributed by atoms with Gasteiger partial charge < -0.3 is 14.1 Å². The van der Waals surface area contributed by atoms with Crippen LogP contribution in [0.5, 0.6) is 5.75 Å². The van der Waals surface area contributed by atoms with Crippen LogP contribution in [0.15, 0.2) is 59.3 Å². The van der Waals surface area contributed by atoms with Gasteiger partial charge in [0, 0.05) is 46.0 Å². The number of carbonyl (C=O) groups is 1. The van der Waals surface area contributed by atoms with Crippen LogP contribution in [0.4, 0.5) is 0 Å². The fraction of sp³-hybridized carbons (Fsp3) is 0.217. The Hall–Kier alpha value is -2.61. The number of likely N-dealkylation sites (tertiary alicyclic amines) is 1. The van der Waals surface area contributed by atoms with Gasteiger partial charge in [-0.2, -0.15) is 0 Å². The van der Waals surface area contributed by atoms with E-state index in [0.717, 1.165) is 33.1 Å². The van der Waals surface area contributed by atoms with E-state index in [1.807, 2.05) is 17.0 Å². The average molecular weight is 498 g/mol. The average Bonchev–Trinajstić information content (AvgIpc) is 3.30. The van der Waals surface area contributed by atoms with Gasteiger partial charge >= 0.3 is 0 Å². The normalized spacial score (nSPS) is 16.8. The Morgan fingerprint density at radius 2 is 2.03 bits per heavy atom. The zero-order valence-corrected chi connectivity index (χ0v) is 18.0. The largest absolute Gasteiger partial charge is 0.493 e. The fourth-order valence-corrected chi connectivity index (χ4v) is 4.54. The summed E-state index contributed by atoms with van der Waals surface area (Å²) < 4.78 is 12.8. The van der Waals surface area contributed by atoms with Crippen molar-refractivity contribution >= 4 is 50.4 Å². The van der Waals surface area contributed by atoms with E-state index in [1.165, 1.54) is 3.57 Å². The highest BCUT2D eigenvalue weighted by Gasteiger charge is 2.33. The number of aromatic nitrogens is 1. The summed E-state index contributed by atoms with van der Waals surface area (Å²) in [4.78, 5) is 18.9. The maximum Gasteiger partial charge on any atom is 0.223 e. The maximum atomic E-state index is 12.8. The third kappa shape index (κ3) is 3.25. The lowest BCUT2D eigenvalue weighted by atomic mass is 9.93. The van der Waals surface area contributed by atoms with Crippen molar-refractivity contribution in [1.82, 2.24) is 9.88 Å². The molecule has 1 atom stereocenters. The Morgan fingerprint density at radius 1 is 1.21 bits per heavy atom. The first kappa shape index (κ1) is 18.4. The van der Waals surface area contributed by atoms with Crippen LogP contribution in [0.3, 0.4) is 0 Å². The molecule has 6 heteroatoms. The minimum Gasteiger partial charge on any atom is -0.493 e. The molecule has 1 saturated heterocycles. The van der Waals surface area contributed by atoms with Crippen LogP contribution < -0.4 is 4.74 Å². The summed E-state index contributed by atoms with van der Waals surface area (Å²) in [5.74, 6) is 1.00. The predicted molar refractivity (Wildman–Crippen MR) is 120 cm³/mol. The molecule has 0 radical (unpaired) electrons. The second-order valence-electron chi connectivity index (χ2n) is 7.34. The Morgan fingerprint density at radius 3 is 2.83 bits per heavy atom. The molecule has 2 aromatic carbocycles. The Labute approximate surface area is 181 Å². The number of furan rings is 1. The number of carbonyl (C=O) groups excluding carboxylic acids is 1. The molecule has 0 saturated carbocycles. The summed E-state index contributed by atoms with van der Waals surface area (Å²) in [5, 5.41) is 2.03. The standard InChI is InChI=1S/C23H19IN2O3/c1-28-19-7-6-17(22-18-8-9-25-11-20(18)29-23(19)22)15-10-21(27)26(13-15)12-14-2-4-16(24)5-3-14/h2-9,11,15H,10,12-13H2,1H3. The zero-order valence-electron chi connectivity index (χ0n) is 15.9. The molecule has 1 unspecified atom stereocenters. The Balaban J connectivity index is 1.52. The number of halogens is 1. The van der Waals surface area contributed by atoms with Crippen molar-refractivity contribution in [3.63, 3.8) is 0 Å². The lowest BCUT2D eigenvalue weighted by Crippen LogP contribution is -2.24. The first-order valence-electron chi connectivity index (χ1n) is 9.49. The van der Waals surface area contributed by atoms with Crippen molar-refractivity contribution in [3.8, 4) is 5.75 Å². The topological polar surface area (TPSA) is 55.6 Å². The van der Waals surface area contributed by atoms with Crippen LogP contribution in [-0.4, -0.2) is 29.4 Å². The van der Waals surface area contributed by atoms with Crippen molar-refractivity contribution in [3.05, 3.63) is 69.6 Å². The molecule has 2 aromatic heterocycles. The molecule has 5 nitrogen and oxygen atoms in total. The molecule has 0 N–H and O–H groups in total. The SMILES string of the molecule is COc1ccc(C2CC(=O)N(Cc3ccc(I)cc3)C2)c2c1oc1cnccc12. The number of nitrogens with zero attached hydrogens (tertiary/aromatic N) is 2. The van der Waals surface area contributed by atoms with E-state index in [-0.39, 0.29) is 11.8 Å². The number of fused-ring (bicyclic) bond motifs is 3. The van der Waals surface area contributed by atoms with Crippen molar-refractivity contribution in [2.75, 3.05) is 13.7 Å². The van der Waals surface area contributed by atoms with Crippen molar-refractivity contribution < 1.29 is 13.9 Å². The van der Waals surface area contributed by atoms with Gasteiger partial charge in [-0.15, -0.1) is 0 Å². The molecule has 4 aromatic rings. The summed E-state index contributed by atoms with van der Waals surface area (Å²) in [6, 6.07) is 14.3. The highest BCUT2D eigenvalue weighted by molar-refractivity contribution is 14.1. The van der Waals surface area contributed by atoms with Gasteiger partial charge in [0.25, 0.3) is 0 Å². The molecule has 3 heterocycles. The van der Waals surface area contributed by atoms with E-state index in [9.17, 15) is 4.79 Å². The predicted octanol–water partition coefficient (Wildman–Crippen LogP) is 5.11. The molecular weight excluding hydrogens is 479 g/mol. The number of benzene rings is 2. The minimum absolute atomic E-state index is 0.119. The molecule has 146 valence electrons. The van der Waals surface area contributed by atoms with E-state index in [0.29, 0.717) is 25.3 Å². The molecule has 1 aliphatic heterocycles. The fourth-order valence-electron chi connectivity index (χ4n) is 4.18. The maximum absolute atomic E-state index is 12.8. The molecule has 0 bridgehead atoms. The molecule has 1 aliphatic rings. The van der Waals surface area contributed by atoms with Crippen LogP contribution in [0.25, 0.3) is 21.9 Å². The van der Waals surface area contributed by atoms with E-state index in [1.54, 1.807) is 19.5 Å². The summed E-state index contributed by atoms with van der Waals surface area (Å²) >= 11 is 2.29. The van der Waals surface area contributed by atoms with Crippen LogP contribution in [0.1, 0.15) is 23.5 Å². The van der Waals surface area contributed by atoms with Crippen LogP contribution >= 0.6 is 22.6 Å². The number of ether oxygens (including phenoxy) is 1.